The van der Waals surface area contributed by atoms with Gasteiger partial charge in [0.1, 0.15) is 6.04 Å². The van der Waals surface area contributed by atoms with Crippen molar-refractivity contribution in [3.63, 3.8) is 0 Å². The number of hydrogen-bond donors (Lipinski definition) is 3. The van der Waals surface area contributed by atoms with Gasteiger partial charge in [0, 0.05) is 11.1 Å². The van der Waals surface area contributed by atoms with E-state index in [2.05, 4.69) is 5.32 Å². The van der Waals surface area contributed by atoms with E-state index in [1.807, 2.05) is 31.2 Å². The fourth-order valence-corrected chi connectivity index (χ4v) is 3.68. The molecule has 7 heteroatoms. The Morgan fingerprint density at radius 1 is 1.21 bits per heavy atom. The summed E-state index contributed by atoms with van der Waals surface area (Å²) in [6, 6.07) is 6.46. The van der Waals surface area contributed by atoms with E-state index >= 15 is 0 Å². The normalized spacial score (nSPS) is 12.0. The van der Waals surface area contributed by atoms with Crippen molar-refractivity contribution < 1.29 is 24.6 Å². The first-order valence-corrected chi connectivity index (χ1v) is 8.51. The first kappa shape index (κ1) is 17.9. The molecule has 0 radical (unpaired) electrons. The summed E-state index contributed by atoms with van der Waals surface area (Å²) >= 11 is 1.33. The molecule has 2 aromatic rings. The highest BCUT2D eigenvalue weighted by molar-refractivity contribution is 7.21. The zero-order valence-corrected chi connectivity index (χ0v) is 14.1. The van der Waals surface area contributed by atoms with Gasteiger partial charge >= 0.3 is 11.9 Å². The van der Waals surface area contributed by atoms with Gasteiger partial charge in [-0.05, 0) is 29.9 Å². The van der Waals surface area contributed by atoms with Crippen molar-refractivity contribution >= 4 is 39.3 Å². The standard InChI is InChI=1S/C17H19NO5S/c1-2-5-11-10-6-3-4-7-13(10)24-15(11)16(21)18-12(17(22)23)8-9-14(19)20/h3-4,6-7,12H,2,5,8-9H2,1H3,(H,18,21)(H,19,20)(H,22,23). The Labute approximate surface area is 143 Å². The molecule has 1 atom stereocenters. The smallest absolute Gasteiger partial charge is 0.326 e. The van der Waals surface area contributed by atoms with Gasteiger partial charge in [0.2, 0.25) is 0 Å². The first-order chi connectivity index (χ1) is 11.4. The highest BCUT2D eigenvalue weighted by atomic mass is 32.1. The van der Waals surface area contributed by atoms with Crippen molar-refractivity contribution in [2.45, 2.75) is 38.6 Å². The van der Waals surface area contributed by atoms with Crippen molar-refractivity contribution in [3.05, 3.63) is 34.7 Å². The Kier molecular flexibility index (Phi) is 5.92. The minimum absolute atomic E-state index is 0.148. The van der Waals surface area contributed by atoms with E-state index in [0.717, 1.165) is 28.5 Å². The summed E-state index contributed by atoms with van der Waals surface area (Å²) in [7, 11) is 0. The molecule has 6 nitrogen and oxygen atoms in total. The van der Waals surface area contributed by atoms with Crippen LogP contribution < -0.4 is 5.32 Å². The lowest BCUT2D eigenvalue weighted by atomic mass is 10.1. The number of nitrogens with one attached hydrogen (secondary N) is 1. The maximum Gasteiger partial charge on any atom is 0.326 e. The van der Waals surface area contributed by atoms with Crippen LogP contribution in [0.2, 0.25) is 0 Å². The minimum atomic E-state index is -1.23. The largest absolute Gasteiger partial charge is 0.481 e. The SMILES string of the molecule is CCCc1c(C(=O)NC(CCC(=O)O)C(=O)O)sc2ccccc12. The van der Waals surface area contributed by atoms with Crippen LogP contribution in [0.25, 0.3) is 10.1 Å². The molecule has 0 aliphatic heterocycles. The third-order valence-corrected chi connectivity index (χ3v) is 4.87. The zero-order chi connectivity index (χ0) is 17.7. The molecule has 1 aromatic carbocycles. The lowest BCUT2D eigenvalue weighted by Gasteiger charge is -2.13. The summed E-state index contributed by atoms with van der Waals surface area (Å²) in [5, 5.41) is 21.4. The molecule has 1 heterocycles. The molecule has 1 unspecified atom stereocenters. The molecule has 0 saturated heterocycles. The van der Waals surface area contributed by atoms with E-state index in [1.165, 1.54) is 11.3 Å². The van der Waals surface area contributed by atoms with E-state index in [9.17, 15) is 19.5 Å². The molecule has 1 amide bonds. The van der Waals surface area contributed by atoms with Gasteiger partial charge in [-0.1, -0.05) is 31.5 Å². The van der Waals surface area contributed by atoms with Gasteiger partial charge in [0.25, 0.3) is 5.91 Å². The Balaban J connectivity index is 2.27. The molecular weight excluding hydrogens is 330 g/mol. The highest BCUT2D eigenvalue weighted by Gasteiger charge is 2.24. The van der Waals surface area contributed by atoms with Crippen LogP contribution in [-0.4, -0.2) is 34.1 Å². The van der Waals surface area contributed by atoms with E-state index in [4.69, 9.17) is 5.11 Å². The number of amides is 1. The van der Waals surface area contributed by atoms with Crippen LogP contribution in [-0.2, 0) is 16.0 Å². The molecular formula is C17H19NO5S. The van der Waals surface area contributed by atoms with E-state index in [0.29, 0.717) is 4.88 Å². The van der Waals surface area contributed by atoms with Crippen LogP contribution in [0.5, 0.6) is 0 Å². The second-order valence-electron chi connectivity index (χ2n) is 5.45. The van der Waals surface area contributed by atoms with Gasteiger partial charge < -0.3 is 15.5 Å². The minimum Gasteiger partial charge on any atom is -0.481 e. The third-order valence-electron chi connectivity index (χ3n) is 3.65. The molecule has 1 aromatic heterocycles. The summed E-state index contributed by atoms with van der Waals surface area (Å²) in [5.41, 5.74) is 0.915. The molecule has 0 bridgehead atoms. The fourth-order valence-electron chi connectivity index (χ4n) is 2.53. The number of hydrogen-bond acceptors (Lipinski definition) is 4. The third kappa shape index (κ3) is 4.11. The maximum absolute atomic E-state index is 12.6. The highest BCUT2D eigenvalue weighted by Crippen LogP contribution is 2.32. The molecule has 128 valence electrons. The topological polar surface area (TPSA) is 104 Å². The van der Waals surface area contributed by atoms with Crippen molar-refractivity contribution in [3.8, 4) is 0 Å². The lowest BCUT2D eigenvalue weighted by molar-refractivity contribution is -0.140. The van der Waals surface area contributed by atoms with Gasteiger partial charge in [0.15, 0.2) is 0 Å². The second kappa shape index (κ2) is 7.92. The Morgan fingerprint density at radius 3 is 2.54 bits per heavy atom. The molecule has 3 N–H and O–H groups in total. The lowest BCUT2D eigenvalue weighted by Crippen LogP contribution is -2.41. The fraction of sp³-hybridized carbons (Fsp3) is 0.353. The Morgan fingerprint density at radius 2 is 1.92 bits per heavy atom. The number of rotatable bonds is 8. The van der Waals surface area contributed by atoms with Crippen molar-refractivity contribution in [1.29, 1.82) is 0 Å². The number of carboxylic acids is 2. The monoisotopic (exact) mass is 349 g/mol. The number of thiophene rings is 1. The Hall–Kier alpha value is -2.41. The molecule has 2 rings (SSSR count). The van der Waals surface area contributed by atoms with Crippen LogP contribution in [0.1, 0.15) is 41.4 Å². The average molecular weight is 349 g/mol. The van der Waals surface area contributed by atoms with Crippen molar-refractivity contribution in [1.82, 2.24) is 5.32 Å². The van der Waals surface area contributed by atoms with Crippen molar-refractivity contribution in [2.75, 3.05) is 0 Å². The summed E-state index contributed by atoms with van der Waals surface area (Å²) in [4.78, 5) is 35.0. The van der Waals surface area contributed by atoms with Crippen LogP contribution in [0.4, 0.5) is 0 Å². The van der Waals surface area contributed by atoms with Crippen LogP contribution in [0.3, 0.4) is 0 Å². The summed E-state index contributed by atoms with van der Waals surface area (Å²) in [5.74, 6) is -2.79. The van der Waals surface area contributed by atoms with Crippen LogP contribution in [0.15, 0.2) is 24.3 Å². The first-order valence-electron chi connectivity index (χ1n) is 7.69. The molecule has 24 heavy (non-hydrogen) atoms. The maximum atomic E-state index is 12.6. The van der Waals surface area contributed by atoms with Gasteiger partial charge in [-0.3, -0.25) is 9.59 Å². The quantitative estimate of drug-likeness (QED) is 0.680. The zero-order valence-electron chi connectivity index (χ0n) is 13.2. The molecule has 0 aliphatic carbocycles. The number of carbonyl (C=O) groups is 3. The molecule has 0 saturated carbocycles. The number of benzene rings is 1. The van der Waals surface area contributed by atoms with Gasteiger partial charge in [-0.25, -0.2) is 4.79 Å². The van der Waals surface area contributed by atoms with E-state index < -0.39 is 23.9 Å². The second-order valence-corrected chi connectivity index (χ2v) is 6.50. The predicted octanol–water partition coefficient (Wildman–Crippen LogP) is 2.90. The predicted molar refractivity (Wildman–Crippen MR) is 91.6 cm³/mol. The molecule has 0 aliphatic rings. The van der Waals surface area contributed by atoms with Crippen molar-refractivity contribution in [2.24, 2.45) is 0 Å². The molecule has 0 spiro atoms. The van der Waals surface area contributed by atoms with Crippen LogP contribution >= 0.6 is 11.3 Å². The number of carboxylic acid groups (broad SMARTS) is 2. The number of aryl methyl sites for hydroxylation is 1. The van der Waals surface area contributed by atoms with Crippen LogP contribution in [0, 0.1) is 0 Å². The summed E-state index contributed by atoms with van der Waals surface area (Å²) in [6.45, 7) is 2.01. The molecule has 0 fully saturated rings. The average Bonchev–Trinajstić information content (AvgIpc) is 2.90. The number of fused-ring (bicyclic) bond motifs is 1. The van der Waals surface area contributed by atoms with E-state index in [-0.39, 0.29) is 12.8 Å². The van der Waals surface area contributed by atoms with Gasteiger partial charge in [-0.2, -0.15) is 0 Å². The summed E-state index contributed by atoms with van der Waals surface area (Å²) < 4.78 is 0.975. The number of aliphatic carboxylic acids is 2. The van der Waals surface area contributed by atoms with Gasteiger partial charge in [0.05, 0.1) is 4.88 Å². The number of carbonyl (C=O) groups excluding carboxylic acids is 1. The Bertz CT molecular complexity index is 767. The van der Waals surface area contributed by atoms with E-state index in [1.54, 1.807) is 0 Å². The van der Waals surface area contributed by atoms with Gasteiger partial charge in [-0.15, -0.1) is 11.3 Å². The summed E-state index contributed by atoms with van der Waals surface area (Å²) in [6.07, 6.45) is 1.12.